The molecule has 36 heavy (non-hydrogen) atoms. The third kappa shape index (κ3) is 6.52. The first-order chi connectivity index (χ1) is 17.1. The van der Waals surface area contributed by atoms with Crippen LogP contribution in [0.1, 0.15) is 35.2 Å². The van der Waals surface area contributed by atoms with Crippen molar-refractivity contribution in [2.24, 2.45) is 11.6 Å². The molecule has 0 saturated carbocycles. The highest BCUT2D eigenvalue weighted by molar-refractivity contribution is 5.93. The monoisotopic (exact) mass is 509 g/mol. The maximum Gasteiger partial charge on any atom is 0.255 e. The van der Waals surface area contributed by atoms with Gasteiger partial charge in [-0.15, -0.1) is 0 Å². The Hall–Kier alpha value is -3.19. The summed E-state index contributed by atoms with van der Waals surface area (Å²) >= 11 is 0. The summed E-state index contributed by atoms with van der Waals surface area (Å²) in [6, 6.07) is 4.09. The molecular formula is C24H30F3N5O4. The van der Waals surface area contributed by atoms with Gasteiger partial charge < -0.3 is 30.6 Å². The molecule has 0 spiro atoms. The predicted molar refractivity (Wildman–Crippen MR) is 125 cm³/mol. The second kappa shape index (κ2) is 12.2. The first-order valence-electron chi connectivity index (χ1n) is 11.4. The van der Waals surface area contributed by atoms with Crippen LogP contribution >= 0.6 is 0 Å². The number of aliphatic hydroxyl groups is 2. The molecule has 0 radical (unpaired) electrons. The molecule has 12 heteroatoms. The average Bonchev–Trinajstić information content (AvgIpc) is 2.87. The van der Waals surface area contributed by atoms with E-state index in [2.05, 4.69) is 4.98 Å². The maximum atomic E-state index is 13.6. The fourth-order valence-electron chi connectivity index (χ4n) is 4.10. The van der Waals surface area contributed by atoms with Crippen molar-refractivity contribution in [3.63, 3.8) is 0 Å². The minimum absolute atomic E-state index is 0.125. The van der Waals surface area contributed by atoms with Crippen molar-refractivity contribution in [1.82, 2.24) is 14.9 Å². The lowest BCUT2D eigenvalue weighted by Gasteiger charge is -2.42. The van der Waals surface area contributed by atoms with E-state index < -0.39 is 48.4 Å². The van der Waals surface area contributed by atoms with Crippen LogP contribution in [-0.4, -0.2) is 75.6 Å². The lowest BCUT2D eigenvalue weighted by atomic mass is 9.93. The van der Waals surface area contributed by atoms with Crippen LogP contribution in [0.4, 0.5) is 13.2 Å². The fraction of sp³-hybridized carbons (Fsp3) is 0.417. The average molecular weight is 510 g/mol. The zero-order valence-electron chi connectivity index (χ0n) is 19.7. The molecule has 4 atom stereocenters. The number of carbonyl (C=O) groups excluding carboxylic acids is 1. The molecule has 2 aromatic rings. The van der Waals surface area contributed by atoms with Gasteiger partial charge in [0.25, 0.3) is 5.91 Å². The van der Waals surface area contributed by atoms with Crippen molar-refractivity contribution in [1.29, 1.82) is 0 Å². The second-order valence-electron chi connectivity index (χ2n) is 8.67. The molecule has 1 aromatic carbocycles. The van der Waals surface area contributed by atoms with E-state index in [-0.39, 0.29) is 23.6 Å². The van der Waals surface area contributed by atoms with Crippen LogP contribution in [0.5, 0.6) is 0 Å². The molecular weight excluding hydrogens is 479 g/mol. The van der Waals surface area contributed by atoms with Gasteiger partial charge >= 0.3 is 0 Å². The van der Waals surface area contributed by atoms with E-state index >= 15 is 0 Å². The van der Waals surface area contributed by atoms with Gasteiger partial charge in [0.05, 0.1) is 30.0 Å². The molecule has 9 nitrogen and oxygen atoms in total. The Bertz CT molecular complexity index is 1050. The van der Waals surface area contributed by atoms with Gasteiger partial charge in [0.15, 0.2) is 17.5 Å². The van der Waals surface area contributed by atoms with Gasteiger partial charge in [0, 0.05) is 37.7 Å². The summed E-state index contributed by atoms with van der Waals surface area (Å²) < 4.78 is 46.2. The van der Waals surface area contributed by atoms with E-state index in [4.69, 9.17) is 16.3 Å². The Kier molecular flexibility index (Phi) is 9.26. The van der Waals surface area contributed by atoms with Gasteiger partial charge in [-0.05, 0) is 43.5 Å². The molecule has 0 bridgehead atoms. The number of nitrogens with zero attached hydrogens (tertiary/aromatic N) is 3. The van der Waals surface area contributed by atoms with Crippen LogP contribution in [0.25, 0.3) is 5.70 Å². The Morgan fingerprint density at radius 2 is 1.97 bits per heavy atom. The Labute approximate surface area is 206 Å². The Morgan fingerprint density at radius 1 is 1.28 bits per heavy atom. The third-order valence-corrected chi connectivity index (χ3v) is 6.09. The van der Waals surface area contributed by atoms with E-state index in [1.165, 1.54) is 12.4 Å². The largest absolute Gasteiger partial charge is 0.397 e. The molecule has 196 valence electrons. The number of pyridine rings is 1. The lowest BCUT2D eigenvalue weighted by molar-refractivity contribution is -0.163. The van der Waals surface area contributed by atoms with Gasteiger partial charge in [0.1, 0.15) is 12.2 Å². The van der Waals surface area contributed by atoms with Crippen LogP contribution in [0.15, 0.2) is 42.9 Å². The molecule has 0 aliphatic carbocycles. The number of benzene rings is 1. The molecule has 1 aliphatic heterocycles. The summed E-state index contributed by atoms with van der Waals surface area (Å²) in [7, 11) is 1.68. The minimum Gasteiger partial charge on any atom is -0.397 e. The summed E-state index contributed by atoms with van der Waals surface area (Å²) in [4.78, 5) is 18.0. The topological polar surface area (TPSA) is 138 Å². The molecule has 4 unspecified atom stereocenters. The highest BCUT2D eigenvalue weighted by Gasteiger charge is 2.39. The van der Waals surface area contributed by atoms with Crippen molar-refractivity contribution in [2.45, 2.75) is 43.6 Å². The Morgan fingerprint density at radius 3 is 2.58 bits per heavy atom. The number of aromatic nitrogens is 1. The summed E-state index contributed by atoms with van der Waals surface area (Å²) in [5, 5.41) is 21.4. The summed E-state index contributed by atoms with van der Waals surface area (Å²) in [6.45, 7) is -0.0273. The van der Waals surface area contributed by atoms with Crippen LogP contribution in [0.3, 0.4) is 0 Å². The van der Waals surface area contributed by atoms with E-state index in [1.807, 2.05) is 0 Å². The van der Waals surface area contributed by atoms with Gasteiger partial charge in [0.2, 0.25) is 0 Å². The first kappa shape index (κ1) is 27.4. The second-order valence-corrected chi connectivity index (χ2v) is 8.67. The van der Waals surface area contributed by atoms with Crippen LogP contribution < -0.4 is 11.6 Å². The molecule has 6 N–H and O–H groups in total. The number of aliphatic hydroxyl groups excluding tert-OH is 2. The molecule has 1 aliphatic rings. The molecule has 2 heterocycles. The standard InChI is InChI=1S/C24H30F3N5O4/c1-31(24(35)14-4-2-6-30-11-14)7-3-5-16-10-20(23(34)21(13-33)36-16)32(29)12-19(28)15-8-17(25)22(27)18(26)9-15/h2,4,6,8-9,11-12,16,20-21,23,33-34H,3,5,7,10,13,28-29H2,1H3/b19-12-. The highest BCUT2D eigenvalue weighted by Crippen LogP contribution is 2.27. The van der Waals surface area contributed by atoms with Gasteiger partial charge in [-0.2, -0.15) is 0 Å². The highest BCUT2D eigenvalue weighted by atomic mass is 19.2. The fourth-order valence-corrected chi connectivity index (χ4v) is 4.10. The molecule has 1 fully saturated rings. The van der Waals surface area contributed by atoms with E-state index in [1.54, 1.807) is 30.3 Å². The van der Waals surface area contributed by atoms with Gasteiger partial charge in [-0.3, -0.25) is 9.78 Å². The number of hydrogen-bond donors (Lipinski definition) is 4. The number of carbonyl (C=O) groups is 1. The summed E-state index contributed by atoms with van der Waals surface area (Å²) in [5.41, 5.74) is 6.10. The minimum atomic E-state index is -1.61. The van der Waals surface area contributed by atoms with Crippen LogP contribution in [0, 0.1) is 17.5 Å². The van der Waals surface area contributed by atoms with Crippen molar-refractivity contribution in [2.75, 3.05) is 20.2 Å². The summed E-state index contributed by atoms with van der Waals surface area (Å²) in [5.74, 6) is 1.52. The number of rotatable bonds is 9. The maximum absolute atomic E-state index is 13.6. The SMILES string of the molecule is CN(CCCC1CC(N(N)/C=C(\N)c2cc(F)c(F)c(F)c2)C(O)C(CO)O1)C(=O)c1cccnc1. The first-order valence-corrected chi connectivity index (χ1v) is 11.4. The number of halogens is 3. The molecule has 3 rings (SSSR count). The van der Waals surface area contributed by atoms with Crippen LogP contribution in [0.2, 0.25) is 0 Å². The third-order valence-electron chi connectivity index (χ3n) is 6.09. The van der Waals surface area contributed by atoms with Crippen molar-refractivity contribution in [3.05, 3.63) is 71.4 Å². The number of hydrogen-bond acceptors (Lipinski definition) is 8. The van der Waals surface area contributed by atoms with Gasteiger partial charge in [-0.1, -0.05) is 0 Å². The Balaban J connectivity index is 1.63. The van der Waals surface area contributed by atoms with Gasteiger partial charge in [-0.25, -0.2) is 19.0 Å². The zero-order chi connectivity index (χ0) is 26.4. The van der Waals surface area contributed by atoms with E-state index in [0.29, 0.717) is 24.9 Å². The van der Waals surface area contributed by atoms with Crippen LogP contribution in [-0.2, 0) is 4.74 Å². The normalized spacial score (nSPS) is 22.4. The summed E-state index contributed by atoms with van der Waals surface area (Å²) in [6.07, 6.45) is 3.07. The lowest BCUT2D eigenvalue weighted by Crippen LogP contribution is -2.57. The molecule has 1 aromatic heterocycles. The number of ether oxygens (including phenoxy) is 1. The number of hydrazine groups is 1. The quantitative estimate of drug-likeness (QED) is 0.226. The zero-order valence-corrected chi connectivity index (χ0v) is 19.7. The predicted octanol–water partition coefficient (Wildman–Crippen LogP) is 1.36. The number of amides is 1. The number of nitrogens with two attached hydrogens (primary N) is 2. The van der Waals surface area contributed by atoms with Crippen molar-refractivity contribution in [3.8, 4) is 0 Å². The van der Waals surface area contributed by atoms with E-state index in [9.17, 15) is 28.2 Å². The molecule has 1 saturated heterocycles. The van der Waals surface area contributed by atoms with Crippen molar-refractivity contribution < 1.29 is 32.9 Å². The van der Waals surface area contributed by atoms with Crippen molar-refractivity contribution >= 4 is 11.6 Å². The smallest absolute Gasteiger partial charge is 0.255 e. The van der Waals surface area contributed by atoms with E-state index in [0.717, 1.165) is 17.1 Å². The molecule has 1 amide bonds.